The van der Waals surface area contributed by atoms with Crippen LogP contribution in [-0.4, -0.2) is 18.9 Å². The zero-order valence-corrected chi connectivity index (χ0v) is 11.4. The second-order valence-electron chi connectivity index (χ2n) is 5.36. The first-order valence-electron chi connectivity index (χ1n) is 6.17. The maximum atomic E-state index is 8.62. The van der Waals surface area contributed by atoms with Crippen LogP contribution in [0.1, 0.15) is 26.3 Å². The summed E-state index contributed by atoms with van der Waals surface area (Å²) in [6, 6.07) is 5.64. The van der Waals surface area contributed by atoms with Crippen molar-refractivity contribution in [1.29, 1.82) is 5.26 Å². The molecule has 0 aliphatic carbocycles. The van der Waals surface area contributed by atoms with E-state index in [1.807, 2.05) is 12.1 Å². The highest BCUT2D eigenvalue weighted by Crippen LogP contribution is 2.38. The highest BCUT2D eigenvalue weighted by atomic mass is 16.7. The first-order valence-corrected chi connectivity index (χ1v) is 6.17. The number of nitrogens with zero attached hydrogens (tertiary/aromatic N) is 1. The zero-order chi connectivity index (χ0) is 13.9. The van der Waals surface area contributed by atoms with Gasteiger partial charge in [-0.15, -0.1) is 0 Å². The fourth-order valence-corrected chi connectivity index (χ4v) is 1.71. The van der Waals surface area contributed by atoms with Crippen molar-refractivity contribution in [3.8, 4) is 23.3 Å². The zero-order valence-electron chi connectivity index (χ0n) is 11.4. The third kappa shape index (κ3) is 3.52. The number of hydrogen-bond donors (Lipinski definition) is 1. The van der Waals surface area contributed by atoms with Crippen LogP contribution in [0.2, 0.25) is 0 Å². The van der Waals surface area contributed by atoms with Gasteiger partial charge in [-0.25, -0.2) is 0 Å². The number of nitriles is 1. The Hall–Kier alpha value is -1.93. The summed E-state index contributed by atoms with van der Waals surface area (Å²) in [4.78, 5) is 0. The molecule has 1 heterocycles. The third-order valence-electron chi connectivity index (χ3n) is 2.66. The van der Waals surface area contributed by atoms with Gasteiger partial charge in [0.2, 0.25) is 6.79 Å². The van der Waals surface area contributed by atoms with Gasteiger partial charge in [-0.1, -0.05) is 0 Å². The van der Waals surface area contributed by atoms with Crippen molar-refractivity contribution in [3.63, 3.8) is 0 Å². The van der Waals surface area contributed by atoms with E-state index in [9.17, 15) is 0 Å². The SMILES string of the molecule is CC(C)(C)NCc1cc2c(cc1OCC#N)OCO2. The standard InChI is InChI=1S/C14H18N2O3/c1-14(2,3)16-8-10-6-12-13(19-9-18-12)7-11(10)17-5-4-15/h6-7,16H,5,8-9H2,1-3H3. The summed E-state index contributed by atoms with van der Waals surface area (Å²) < 4.78 is 16.1. The molecule has 0 saturated heterocycles. The van der Waals surface area contributed by atoms with Gasteiger partial charge in [-0.05, 0) is 26.8 Å². The highest BCUT2D eigenvalue weighted by Gasteiger charge is 2.19. The predicted octanol–water partition coefficient (Wildman–Crippen LogP) is 2.21. The lowest BCUT2D eigenvalue weighted by Crippen LogP contribution is -2.35. The molecule has 2 rings (SSSR count). The molecule has 102 valence electrons. The summed E-state index contributed by atoms with van der Waals surface area (Å²) in [6.45, 7) is 7.16. The Balaban J connectivity index is 2.21. The lowest BCUT2D eigenvalue weighted by Gasteiger charge is -2.21. The number of rotatable bonds is 4. The molecule has 5 heteroatoms. The van der Waals surface area contributed by atoms with E-state index in [2.05, 4.69) is 26.1 Å². The van der Waals surface area contributed by atoms with Gasteiger partial charge in [0.25, 0.3) is 0 Å². The molecule has 19 heavy (non-hydrogen) atoms. The van der Waals surface area contributed by atoms with Crippen LogP contribution in [0.4, 0.5) is 0 Å². The first kappa shape index (κ1) is 13.5. The van der Waals surface area contributed by atoms with E-state index in [0.717, 1.165) is 11.3 Å². The Kier molecular flexibility index (Phi) is 3.82. The average Bonchev–Trinajstić information content (AvgIpc) is 2.79. The van der Waals surface area contributed by atoms with Gasteiger partial charge < -0.3 is 19.5 Å². The van der Waals surface area contributed by atoms with E-state index in [1.54, 1.807) is 6.07 Å². The molecule has 5 nitrogen and oxygen atoms in total. The van der Waals surface area contributed by atoms with Crippen LogP contribution in [0.25, 0.3) is 0 Å². The van der Waals surface area contributed by atoms with Crippen molar-refractivity contribution in [2.75, 3.05) is 13.4 Å². The van der Waals surface area contributed by atoms with Gasteiger partial charge in [0.1, 0.15) is 11.8 Å². The van der Waals surface area contributed by atoms with Crippen LogP contribution in [0.15, 0.2) is 12.1 Å². The molecular weight excluding hydrogens is 244 g/mol. The van der Waals surface area contributed by atoms with Gasteiger partial charge >= 0.3 is 0 Å². The Labute approximate surface area is 113 Å². The lowest BCUT2D eigenvalue weighted by atomic mass is 10.1. The maximum Gasteiger partial charge on any atom is 0.231 e. The predicted molar refractivity (Wildman–Crippen MR) is 70.3 cm³/mol. The molecular formula is C14H18N2O3. The van der Waals surface area contributed by atoms with E-state index in [-0.39, 0.29) is 18.9 Å². The van der Waals surface area contributed by atoms with Gasteiger partial charge in [-0.3, -0.25) is 0 Å². The van der Waals surface area contributed by atoms with Crippen LogP contribution in [0, 0.1) is 11.3 Å². The van der Waals surface area contributed by atoms with Gasteiger partial charge in [0.15, 0.2) is 18.1 Å². The largest absolute Gasteiger partial charge is 0.478 e. The van der Waals surface area contributed by atoms with Gasteiger partial charge in [-0.2, -0.15) is 5.26 Å². The molecule has 0 amide bonds. The van der Waals surface area contributed by atoms with Crippen molar-refractivity contribution < 1.29 is 14.2 Å². The Morgan fingerprint density at radius 3 is 2.63 bits per heavy atom. The van der Waals surface area contributed by atoms with Crippen molar-refractivity contribution in [2.45, 2.75) is 32.9 Å². The Bertz CT molecular complexity index is 501. The molecule has 0 fully saturated rings. The summed E-state index contributed by atoms with van der Waals surface area (Å²) in [5.74, 6) is 2.03. The molecule has 1 N–H and O–H groups in total. The van der Waals surface area contributed by atoms with E-state index in [1.165, 1.54) is 0 Å². The fourth-order valence-electron chi connectivity index (χ4n) is 1.71. The van der Waals surface area contributed by atoms with E-state index in [0.29, 0.717) is 18.0 Å². The smallest absolute Gasteiger partial charge is 0.231 e. The van der Waals surface area contributed by atoms with Crippen LogP contribution < -0.4 is 19.5 Å². The molecule has 0 aromatic heterocycles. The van der Waals surface area contributed by atoms with Gasteiger partial charge in [0, 0.05) is 23.7 Å². The van der Waals surface area contributed by atoms with E-state index >= 15 is 0 Å². The second-order valence-corrected chi connectivity index (χ2v) is 5.36. The van der Waals surface area contributed by atoms with Gasteiger partial charge in [0.05, 0.1) is 0 Å². The molecule has 1 aromatic carbocycles. The average molecular weight is 262 g/mol. The minimum absolute atomic E-state index is 0.00285. The topological polar surface area (TPSA) is 63.5 Å². The van der Waals surface area contributed by atoms with Crippen LogP contribution >= 0.6 is 0 Å². The number of hydrogen-bond acceptors (Lipinski definition) is 5. The molecule has 1 aliphatic heterocycles. The van der Waals surface area contributed by atoms with Crippen molar-refractivity contribution in [2.24, 2.45) is 0 Å². The quantitative estimate of drug-likeness (QED) is 0.901. The molecule has 0 atom stereocenters. The van der Waals surface area contributed by atoms with Crippen LogP contribution in [0.3, 0.4) is 0 Å². The summed E-state index contributed by atoms with van der Waals surface area (Å²) in [5.41, 5.74) is 0.956. The Morgan fingerprint density at radius 2 is 2.00 bits per heavy atom. The molecule has 1 aromatic rings. The minimum Gasteiger partial charge on any atom is -0.478 e. The monoisotopic (exact) mass is 262 g/mol. The number of ether oxygens (including phenoxy) is 3. The van der Waals surface area contributed by atoms with Crippen molar-refractivity contribution >= 4 is 0 Å². The minimum atomic E-state index is 0.00285. The lowest BCUT2D eigenvalue weighted by molar-refractivity contribution is 0.174. The molecule has 0 radical (unpaired) electrons. The molecule has 0 bridgehead atoms. The second kappa shape index (κ2) is 5.37. The van der Waals surface area contributed by atoms with E-state index < -0.39 is 0 Å². The van der Waals surface area contributed by atoms with Crippen molar-refractivity contribution in [3.05, 3.63) is 17.7 Å². The Morgan fingerprint density at radius 1 is 1.32 bits per heavy atom. The maximum absolute atomic E-state index is 8.62. The van der Waals surface area contributed by atoms with E-state index in [4.69, 9.17) is 19.5 Å². The number of nitrogens with one attached hydrogen (secondary N) is 1. The summed E-state index contributed by atoms with van der Waals surface area (Å²) in [6.07, 6.45) is 0. The first-order chi connectivity index (χ1) is 8.99. The fraction of sp³-hybridized carbons (Fsp3) is 0.500. The summed E-state index contributed by atoms with van der Waals surface area (Å²) in [5, 5.41) is 12.0. The molecule has 1 aliphatic rings. The number of benzene rings is 1. The number of fused-ring (bicyclic) bond motifs is 1. The third-order valence-corrected chi connectivity index (χ3v) is 2.66. The summed E-state index contributed by atoms with van der Waals surface area (Å²) >= 11 is 0. The highest BCUT2D eigenvalue weighted by molar-refractivity contribution is 5.51. The molecule has 0 saturated carbocycles. The summed E-state index contributed by atoms with van der Waals surface area (Å²) in [7, 11) is 0. The van der Waals surface area contributed by atoms with Crippen LogP contribution in [0.5, 0.6) is 17.2 Å². The molecule has 0 unspecified atom stereocenters. The van der Waals surface area contributed by atoms with Crippen molar-refractivity contribution in [1.82, 2.24) is 5.32 Å². The normalized spacial score (nSPS) is 13.2. The van der Waals surface area contributed by atoms with Crippen LogP contribution in [-0.2, 0) is 6.54 Å². The molecule has 0 spiro atoms.